The van der Waals surface area contributed by atoms with E-state index in [9.17, 15) is 4.79 Å². The number of hydrogen-bond acceptors (Lipinski definition) is 8. The Morgan fingerprint density at radius 3 is 2.75 bits per heavy atom. The lowest BCUT2D eigenvalue weighted by Crippen LogP contribution is -2.30. The Balaban J connectivity index is 1.36. The summed E-state index contributed by atoms with van der Waals surface area (Å²) in [5.74, 6) is 1.21. The Hall–Kier alpha value is -4.08. The van der Waals surface area contributed by atoms with Crippen molar-refractivity contribution in [3.05, 3.63) is 60.2 Å². The van der Waals surface area contributed by atoms with Gasteiger partial charge in [-0.2, -0.15) is 5.10 Å². The average Bonchev–Trinajstić information content (AvgIpc) is 3.52. The van der Waals surface area contributed by atoms with Crippen molar-refractivity contribution in [2.24, 2.45) is 13.0 Å². The van der Waals surface area contributed by atoms with Gasteiger partial charge in [-0.15, -0.1) is 5.10 Å². The molecule has 10 heteroatoms. The molecule has 0 N–H and O–H groups in total. The molecule has 1 aromatic carbocycles. The topological polar surface area (TPSA) is 110 Å². The van der Waals surface area contributed by atoms with Crippen LogP contribution in [0.2, 0.25) is 0 Å². The first-order valence-electron chi connectivity index (χ1n) is 12.1. The predicted molar refractivity (Wildman–Crippen MR) is 132 cm³/mol. The molecule has 0 bridgehead atoms. The van der Waals surface area contributed by atoms with Gasteiger partial charge in [-0.1, -0.05) is 35.5 Å². The van der Waals surface area contributed by atoms with E-state index in [1.807, 2.05) is 61.1 Å². The predicted octanol–water partition coefficient (Wildman–Crippen LogP) is 3.60. The van der Waals surface area contributed by atoms with Crippen LogP contribution in [0, 0.1) is 12.8 Å². The first-order chi connectivity index (χ1) is 17.5. The molecule has 1 fully saturated rings. The van der Waals surface area contributed by atoms with Crippen LogP contribution < -0.4 is 4.74 Å². The minimum atomic E-state index is -0.161. The first-order valence-corrected chi connectivity index (χ1v) is 12.1. The van der Waals surface area contributed by atoms with Gasteiger partial charge in [-0.05, 0) is 44.7 Å². The Morgan fingerprint density at radius 2 is 1.97 bits per heavy atom. The standard InChI is InChI=1S/C26H29N7O3/c1-17-23(36-20-11-7-10-19(14-20)26(34)35-3)13-12-21(29-17)24-22(32(2)31-30-24)15-33-25(27-16-28-33)18-8-5-4-6-9-18/h4-6,8-9,12-13,16,19-20H,7,10-11,14-15H2,1-3H3/t19-,20-/m0/s1. The molecule has 0 radical (unpaired) electrons. The molecule has 0 saturated heterocycles. The number of rotatable bonds is 7. The molecule has 5 rings (SSSR count). The summed E-state index contributed by atoms with van der Waals surface area (Å²) in [6.07, 6.45) is 4.86. The van der Waals surface area contributed by atoms with Crippen LogP contribution in [0.5, 0.6) is 5.75 Å². The van der Waals surface area contributed by atoms with Gasteiger partial charge in [-0.25, -0.2) is 19.3 Å². The summed E-state index contributed by atoms with van der Waals surface area (Å²) in [4.78, 5) is 21.2. The normalized spacial score (nSPS) is 17.6. The average molecular weight is 488 g/mol. The lowest BCUT2D eigenvalue weighted by Gasteiger charge is -2.28. The molecule has 1 saturated carbocycles. The Labute approximate surface area is 209 Å². The smallest absolute Gasteiger partial charge is 0.308 e. The monoisotopic (exact) mass is 487 g/mol. The molecule has 0 amide bonds. The number of esters is 1. The zero-order chi connectivity index (χ0) is 25.1. The summed E-state index contributed by atoms with van der Waals surface area (Å²) >= 11 is 0. The Bertz CT molecular complexity index is 1350. The lowest BCUT2D eigenvalue weighted by atomic mass is 9.87. The molecule has 3 aromatic heterocycles. The third kappa shape index (κ3) is 4.84. The Kier molecular flexibility index (Phi) is 6.75. The first kappa shape index (κ1) is 23.7. The van der Waals surface area contributed by atoms with Gasteiger partial charge in [0.2, 0.25) is 0 Å². The minimum absolute atomic E-state index is 0.0370. The summed E-state index contributed by atoms with van der Waals surface area (Å²) in [5.41, 5.74) is 4.01. The molecule has 2 atom stereocenters. The quantitative estimate of drug-likeness (QED) is 0.364. The number of hydrogen-bond donors (Lipinski definition) is 0. The number of benzene rings is 1. The molecule has 186 valence electrons. The molecule has 1 aliphatic rings. The minimum Gasteiger partial charge on any atom is -0.489 e. The van der Waals surface area contributed by atoms with Crippen molar-refractivity contribution in [3.8, 4) is 28.5 Å². The highest BCUT2D eigenvalue weighted by Gasteiger charge is 2.29. The van der Waals surface area contributed by atoms with Gasteiger partial charge in [0, 0.05) is 12.6 Å². The molecular weight excluding hydrogens is 458 g/mol. The van der Waals surface area contributed by atoms with Gasteiger partial charge in [0.15, 0.2) is 5.82 Å². The molecule has 0 unspecified atom stereocenters. The fourth-order valence-corrected chi connectivity index (χ4v) is 4.70. The van der Waals surface area contributed by atoms with Crippen LogP contribution in [0.3, 0.4) is 0 Å². The van der Waals surface area contributed by atoms with Crippen molar-refractivity contribution in [1.29, 1.82) is 0 Å². The van der Waals surface area contributed by atoms with Gasteiger partial charge >= 0.3 is 5.97 Å². The van der Waals surface area contributed by atoms with Gasteiger partial charge < -0.3 is 9.47 Å². The number of methoxy groups -OCH3 is 1. The van der Waals surface area contributed by atoms with E-state index in [2.05, 4.69) is 20.4 Å². The number of carbonyl (C=O) groups excluding carboxylic acids is 1. The van der Waals surface area contributed by atoms with E-state index in [0.717, 1.165) is 42.0 Å². The fourth-order valence-electron chi connectivity index (χ4n) is 4.70. The maximum Gasteiger partial charge on any atom is 0.308 e. The number of nitrogens with zero attached hydrogens (tertiary/aromatic N) is 7. The SMILES string of the molecule is COC(=O)[C@H]1CCC[C@H](Oc2ccc(-c3nnn(C)c3Cn3ncnc3-c3ccccc3)nc2C)C1. The summed E-state index contributed by atoms with van der Waals surface area (Å²) in [6.45, 7) is 2.36. The third-order valence-electron chi connectivity index (χ3n) is 6.62. The summed E-state index contributed by atoms with van der Waals surface area (Å²) in [7, 11) is 3.29. The number of pyridine rings is 1. The second-order valence-corrected chi connectivity index (χ2v) is 9.02. The molecule has 0 aliphatic heterocycles. The van der Waals surface area contributed by atoms with Gasteiger partial charge in [-0.3, -0.25) is 4.79 Å². The zero-order valence-electron chi connectivity index (χ0n) is 20.7. The molecular formula is C26H29N7O3. The van der Waals surface area contributed by atoms with E-state index < -0.39 is 0 Å². The van der Waals surface area contributed by atoms with Crippen LogP contribution in [-0.2, 0) is 23.1 Å². The molecule has 36 heavy (non-hydrogen) atoms. The van der Waals surface area contributed by atoms with Crippen molar-refractivity contribution in [2.75, 3.05) is 7.11 Å². The van der Waals surface area contributed by atoms with E-state index in [4.69, 9.17) is 14.5 Å². The van der Waals surface area contributed by atoms with E-state index >= 15 is 0 Å². The maximum absolute atomic E-state index is 12.0. The van der Waals surface area contributed by atoms with Crippen molar-refractivity contribution in [3.63, 3.8) is 0 Å². The van der Waals surface area contributed by atoms with Crippen LogP contribution in [-0.4, -0.2) is 53.9 Å². The highest BCUT2D eigenvalue weighted by molar-refractivity contribution is 5.72. The second kappa shape index (κ2) is 10.3. The van der Waals surface area contributed by atoms with E-state index in [0.29, 0.717) is 30.1 Å². The largest absolute Gasteiger partial charge is 0.489 e. The number of aryl methyl sites for hydroxylation is 2. The van der Waals surface area contributed by atoms with E-state index in [-0.39, 0.29) is 18.0 Å². The van der Waals surface area contributed by atoms with Crippen molar-refractivity contribution in [1.82, 2.24) is 34.7 Å². The maximum atomic E-state index is 12.0. The van der Waals surface area contributed by atoms with Crippen molar-refractivity contribution in [2.45, 2.75) is 45.3 Å². The van der Waals surface area contributed by atoms with Gasteiger partial charge in [0.05, 0.1) is 42.8 Å². The van der Waals surface area contributed by atoms with Crippen LogP contribution >= 0.6 is 0 Å². The van der Waals surface area contributed by atoms with Crippen LogP contribution in [0.1, 0.15) is 37.1 Å². The van der Waals surface area contributed by atoms with E-state index in [1.165, 1.54) is 7.11 Å². The summed E-state index contributed by atoms with van der Waals surface area (Å²) in [5, 5.41) is 13.1. The lowest BCUT2D eigenvalue weighted by molar-refractivity contribution is -0.147. The second-order valence-electron chi connectivity index (χ2n) is 9.02. The number of aromatic nitrogens is 7. The van der Waals surface area contributed by atoms with Gasteiger partial charge in [0.25, 0.3) is 0 Å². The molecule has 1 aliphatic carbocycles. The Morgan fingerprint density at radius 1 is 1.14 bits per heavy atom. The number of ether oxygens (including phenoxy) is 2. The van der Waals surface area contributed by atoms with Crippen LogP contribution in [0.15, 0.2) is 48.8 Å². The van der Waals surface area contributed by atoms with Crippen molar-refractivity contribution < 1.29 is 14.3 Å². The van der Waals surface area contributed by atoms with Crippen LogP contribution in [0.25, 0.3) is 22.8 Å². The molecule has 10 nitrogen and oxygen atoms in total. The highest BCUT2D eigenvalue weighted by Crippen LogP contribution is 2.31. The van der Waals surface area contributed by atoms with Crippen LogP contribution in [0.4, 0.5) is 0 Å². The van der Waals surface area contributed by atoms with E-state index in [1.54, 1.807) is 11.0 Å². The third-order valence-corrected chi connectivity index (χ3v) is 6.62. The fraction of sp³-hybridized carbons (Fsp3) is 0.385. The molecule has 0 spiro atoms. The van der Waals surface area contributed by atoms with Crippen molar-refractivity contribution >= 4 is 5.97 Å². The number of carbonyl (C=O) groups is 1. The molecule has 3 heterocycles. The summed E-state index contributed by atoms with van der Waals surface area (Å²) in [6, 6.07) is 13.8. The van der Waals surface area contributed by atoms with Gasteiger partial charge in [0.1, 0.15) is 17.8 Å². The highest BCUT2D eigenvalue weighted by atomic mass is 16.5. The zero-order valence-corrected chi connectivity index (χ0v) is 20.7. The summed E-state index contributed by atoms with van der Waals surface area (Å²) < 4.78 is 14.8. The molecule has 4 aromatic rings.